The second-order valence-corrected chi connectivity index (χ2v) is 3.95. The number of H-pyrrole nitrogens is 1. The van der Waals surface area contributed by atoms with Crippen LogP contribution in [-0.2, 0) is 16.0 Å². The molecule has 90 valence electrons. The number of methoxy groups -OCH3 is 1. The van der Waals surface area contributed by atoms with E-state index in [1.54, 1.807) is 0 Å². The van der Waals surface area contributed by atoms with Gasteiger partial charge >= 0.3 is 5.97 Å². The highest BCUT2D eigenvalue weighted by Gasteiger charge is 2.16. The van der Waals surface area contributed by atoms with Crippen molar-refractivity contribution in [3.63, 3.8) is 0 Å². The van der Waals surface area contributed by atoms with Gasteiger partial charge in [0.25, 0.3) is 0 Å². The smallest absolute Gasteiger partial charge is 0.322 e. The monoisotopic (exact) mass is 233 g/mol. The van der Waals surface area contributed by atoms with Gasteiger partial charge in [0.15, 0.2) is 0 Å². The molecule has 2 rings (SSSR count). The fourth-order valence-electron chi connectivity index (χ4n) is 1.84. The number of carbonyl (C=O) groups excluding carboxylic acids is 1. The first-order chi connectivity index (χ1) is 8.11. The number of carbonyl (C=O) groups is 1. The number of rotatable bonds is 3. The Morgan fingerprint density at radius 1 is 1.53 bits per heavy atom. The van der Waals surface area contributed by atoms with Gasteiger partial charge in [0.05, 0.1) is 7.11 Å². The number of hydrogen-bond donors (Lipinski definition) is 3. The molecule has 5 nitrogen and oxygen atoms in total. The van der Waals surface area contributed by atoms with Crippen molar-refractivity contribution in [1.82, 2.24) is 4.98 Å². The summed E-state index contributed by atoms with van der Waals surface area (Å²) in [5.74, 6) is -0.408. The van der Waals surface area contributed by atoms with Crippen molar-refractivity contribution in [2.24, 2.45) is 5.73 Å². The lowest BCUT2D eigenvalue weighted by Crippen LogP contribution is -2.33. The molecule has 0 unspecified atom stereocenters. The quantitative estimate of drug-likeness (QED) is 0.539. The number of aromatic amines is 1. The number of aromatic nitrogens is 1. The molecule has 2 aromatic rings. The van der Waals surface area contributed by atoms with Crippen molar-refractivity contribution in [1.29, 1.82) is 0 Å². The van der Waals surface area contributed by atoms with Crippen LogP contribution in [0.1, 0.15) is 5.56 Å². The van der Waals surface area contributed by atoms with Gasteiger partial charge in [0.1, 0.15) is 6.04 Å². The molecule has 0 aliphatic heterocycles. The summed E-state index contributed by atoms with van der Waals surface area (Å²) in [4.78, 5) is 14.4. The second-order valence-electron chi connectivity index (χ2n) is 3.95. The Hall–Kier alpha value is -2.01. The van der Waals surface area contributed by atoms with E-state index < -0.39 is 12.0 Å². The summed E-state index contributed by atoms with van der Waals surface area (Å²) >= 11 is 0. The van der Waals surface area contributed by atoms with E-state index in [1.165, 1.54) is 7.11 Å². The fourth-order valence-corrected chi connectivity index (χ4v) is 1.84. The van der Waals surface area contributed by atoms with Crippen molar-refractivity contribution in [2.75, 3.05) is 12.8 Å². The van der Waals surface area contributed by atoms with Crippen molar-refractivity contribution >= 4 is 22.6 Å². The third-order valence-corrected chi connectivity index (χ3v) is 2.74. The molecule has 17 heavy (non-hydrogen) atoms. The van der Waals surface area contributed by atoms with Crippen molar-refractivity contribution in [3.05, 3.63) is 30.0 Å². The van der Waals surface area contributed by atoms with Gasteiger partial charge in [-0.05, 0) is 17.7 Å². The van der Waals surface area contributed by atoms with Crippen molar-refractivity contribution < 1.29 is 9.53 Å². The van der Waals surface area contributed by atoms with Crippen LogP contribution in [0.15, 0.2) is 24.4 Å². The summed E-state index contributed by atoms with van der Waals surface area (Å²) in [6.07, 6.45) is 2.28. The molecule has 1 atom stereocenters. The summed E-state index contributed by atoms with van der Waals surface area (Å²) < 4.78 is 4.60. The Morgan fingerprint density at radius 2 is 2.29 bits per heavy atom. The van der Waals surface area contributed by atoms with Gasteiger partial charge in [-0.3, -0.25) is 4.79 Å². The molecule has 0 saturated heterocycles. The predicted octanol–water partition coefficient (Wildman–Crippen LogP) is 0.793. The largest absolute Gasteiger partial charge is 0.468 e. The van der Waals surface area contributed by atoms with Gasteiger partial charge in [-0.15, -0.1) is 0 Å². The molecule has 0 bridgehead atoms. The normalized spacial score (nSPS) is 12.6. The zero-order chi connectivity index (χ0) is 12.4. The average Bonchev–Trinajstić information content (AvgIpc) is 2.70. The van der Waals surface area contributed by atoms with Crippen LogP contribution in [0.5, 0.6) is 0 Å². The van der Waals surface area contributed by atoms with E-state index >= 15 is 0 Å². The topological polar surface area (TPSA) is 94.1 Å². The van der Waals surface area contributed by atoms with Crippen LogP contribution in [0, 0.1) is 0 Å². The minimum atomic E-state index is -0.642. The highest BCUT2D eigenvalue weighted by Crippen LogP contribution is 2.21. The minimum absolute atomic E-state index is 0.408. The number of nitrogens with one attached hydrogen (secondary N) is 1. The SMILES string of the molecule is COC(=O)[C@@H](N)Cc1c[nH]c2cc(N)ccc12. The molecule has 5 N–H and O–H groups in total. The summed E-state index contributed by atoms with van der Waals surface area (Å²) in [6.45, 7) is 0. The van der Waals surface area contributed by atoms with E-state index in [-0.39, 0.29) is 0 Å². The first-order valence-electron chi connectivity index (χ1n) is 5.30. The van der Waals surface area contributed by atoms with Gasteiger partial charge in [0, 0.05) is 29.2 Å². The Kier molecular flexibility index (Phi) is 3.01. The Labute approximate surface area is 98.7 Å². The van der Waals surface area contributed by atoms with Crippen LogP contribution >= 0.6 is 0 Å². The molecule has 0 spiro atoms. The number of ether oxygens (including phenoxy) is 1. The van der Waals surface area contributed by atoms with Crippen molar-refractivity contribution in [2.45, 2.75) is 12.5 Å². The summed E-state index contributed by atoms with van der Waals surface area (Å²) in [5, 5.41) is 1.03. The molecular weight excluding hydrogens is 218 g/mol. The minimum Gasteiger partial charge on any atom is -0.468 e. The van der Waals surface area contributed by atoms with Gasteiger partial charge in [-0.1, -0.05) is 6.07 Å². The maximum Gasteiger partial charge on any atom is 0.322 e. The van der Waals surface area contributed by atoms with Crippen LogP contribution in [-0.4, -0.2) is 24.1 Å². The van der Waals surface area contributed by atoms with Crippen LogP contribution in [0.4, 0.5) is 5.69 Å². The first-order valence-corrected chi connectivity index (χ1v) is 5.30. The highest BCUT2D eigenvalue weighted by molar-refractivity contribution is 5.86. The summed E-state index contributed by atoms with van der Waals surface area (Å²) in [7, 11) is 1.33. The number of anilines is 1. The lowest BCUT2D eigenvalue weighted by molar-refractivity contribution is -0.142. The third-order valence-electron chi connectivity index (χ3n) is 2.74. The number of hydrogen-bond acceptors (Lipinski definition) is 4. The molecule has 0 radical (unpaired) electrons. The molecule has 0 amide bonds. The first kappa shape index (κ1) is 11.5. The zero-order valence-electron chi connectivity index (χ0n) is 9.57. The molecule has 0 aliphatic rings. The van der Waals surface area contributed by atoms with E-state index in [4.69, 9.17) is 11.5 Å². The zero-order valence-corrected chi connectivity index (χ0v) is 9.57. The lowest BCUT2D eigenvalue weighted by Gasteiger charge is -2.08. The Morgan fingerprint density at radius 3 is 3.00 bits per heavy atom. The van der Waals surface area contributed by atoms with Crippen LogP contribution in [0.2, 0.25) is 0 Å². The fraction of sp³-hybridized carbons (Fsp3) is 0.250. The molecule has 1 heterocycles. The lowest BCUT2D eigenvalue weighted by atomic mass is 10.1. The molecule has 0 aliphatic carbocycles. The van der Waals surface area contributed by atoms with Gasteiger partial charge in [-0.25, -0.2) is 0 Å². The molecule has 0 saturated carbocycles. The van der Waals surface area contributed by atoms with Gasteiger partial charge in [-0.2, -0.15) is 0 Å². The molecular formula is C12H15N3O2. The maximum atomic E-state index is 11.3. The molecule has 5 heteroatoms. The third kappa shape index (κ3) is 2.24. The van der Waals surface area contributed by atoms with Gasteiger partial charge in [0.2, 0.25) is 0 Å². The Bertz CT molecular complexity index is 548. The Balaban J connectivity index is 2.28. The van der Waals surface area contributed by atoms with Crippen LogP contribution < -0.4 is 11.5 Å². The maximum absolute atomic E-state index is 11.3. The molecule has 1 aromatic carbocycles. The van der Waals surface area contributed by atoms with Crippen molar-refractivity contribution in [3.8, 4) is 0 Å². The van der Waals surface area contributed by atoms with E-state index in [9.17, 15) is 4.79 Å². The number of fused-ring (bicyclic) bond motifs is 1. The van der Waals surface area contributed by atoms with E-state index in [1.807, 2.05) is 24.4 Å². The average molecular weight is 233 g/mol. The summed E-state index contributed by atoms with van der Waals surface area (Å²) in [5.41, 5.74) is 14.0. The molecule has 0 fully saturated rings. The van der Waals surface area contributed by atoms with Crippen LogP contribution in [0.25, 0.3) is 10.9 Å². The van der Waals surface area contributed by atoms with Gasteiger partial charge < -0.3 is 21.2 Å². The standard InChI is InChI=1S/C12H15N3O2/c1-17-12(16)10(14)4-7-6-15-11-5-8(13)2-3-9(7)11/h2-3,5-6,10,15H,4,13-14H2,1H3/t10-/m0/s1. The number of esters is 1. The second kappa shape index (κ2) is 4.47. The summed E-state index contributed by atoms with van der Waals surface area (Å²) in [6, 6.07) is 4.95. The van der Waals surface area contributed by atoms with E-state index in [0.717, 1.165) is 16.5 Å². The number of nitrogen functional groups attached to an aromatic ring is 1. The van der Waals surface area contributed by atoms with Crippen LogP contribution in [0.3, 0.4) is 0 Å². The van der Waals surface area contributed by atoms with E-state index in [2.05, 4.69) is 9.72 Å². The number of nitrogens with two attached hydrogens (primary N) is 2. The number of benzene rings is 1. The predicted molar refractivity (Wildman–Crippen MR) is 66.4 cm³/mol. The molecule has 1 aromatic heterocycles. The highest BCUT2D eigenvalue weighted by atomic mass is 16.5. The van der Waals surface area contributed by atoms with E-state index in [0.29, 0.717) is 12.1 Å².